The Morgan fingerprint density at radius 3 is 2.46 bits per heavy atom. The number of hydrogen-bond acceptors (Lipinski definition) is 5. The molecule has 0 radical (unpaired) electrons. The minimum absolute atomic E-state index is 0.0163. The molecule has 1 aromatic carbocycles. The molecular formula is C21H33BN2O4. The van der Waals surface area contributed by atoms with E-state index < -0.39 is 18.6 Å². The van der Waals surface area contributed by atoms with Crippen LogP contribution in [0.3, 0.4) is 0 Å². The summed E-state index contributed by atoms with van der Waals surface area (Å²) >= 11 is 0. The first-order valence-corrected chi connectivity index (χ1v) is 10.6. The van der Waals surface area contributed by atoms with Crippen LogP contribution in [0.1, 0.15) is 56.1 Å². The molecule has 1 aromatic rings. The van der Waals surface area contributed by atoms with Crippen molar-refractivity contribution in [1.82, 2.24) is 4.90 Å². The highest BCUT2D eigenvalue weighted by Crippen LogP contribution is 2.37. The number of unbranched alkanes of at least 4 members (excludes halogenated alkanes) is 1. The second kappa shape index (κ2) is 9.40. The summed E-state index contributed by atoms with van der Waals surface area (Å²) in [6, 6.07) is 9.14. The van der Waals surface area contributed by atoms with Crippen molar-refractivity contribution in [3.8, 4) is 0 Å². The lowest BCUT2D eigenvalue weighted by molar-refractivity contribution is -0.147. The number of hydrogen-bond donors (Lipinski definition) is 4. The molecule has 1 heterocycles. The first-order chi connectivity index (χ1) is 13.4. The van der Waals surface area contributed by atoms with Crippen LogP contribution in [0.15, 0.2) is 24.3 Å². The number of carboxylic acids is 1. The highest BCUT2D eigenvalue weighted by molar-refractivity contribution is 6.40. The smallest absolute Gasteiger partial charge is 0.451 e. The van der Waals surface area contributed by atoms with Crippen molar-refractivity contribution in [2.24, 2.45) is 11.7 Å². The highest BCUT2D eigenvalue weighted by Gasteiger charge is 2.43. The lowest BCUT2D eigenvalue weighted by Gasteiger charge is -2.43. The van der Waals surface area contributed by atoms with Crippen molar-refractivity contribution < 1.29 is 19.9 Å². The quantitative estimate of drug-likeness (QED) is 0.401. The predicted octanol–water partition coefficient (Wildman–Crippen LogP) is 2.03. The Balaban J connectivity index is 1.53. The molecule has 6 nitrogen and oxygen atoms in total. The maximum absolute atomic E-state index is 11.9. The van der Waals surface area contributed by atoms with Crippen LogP contribution in [0.2, 0.25) is 6.32 Å². The van der Waals surface area contributed by atoms with Gasteiger partial charge in [-0.1, -0.05) is 37.1 Å². The van der Waals surface area contributed by atoms with E-state index in [2.05, 4.69) is 29.2 Å². The molecule has 0 amide bonds. The van der Waals surface area contributed by atoms with Crippen molar-refractivity contribution in [3.05, 3.63) is 35.4 Å². The maximum Gasteiger partial charge on any atom is 0.451 e. The molecule has 28 heavy (non-hydrogen) atoms. The molecule has 0 saturated heterocycles. The van der Waals surface area contributed by atoms with Gasteiger partial charge in [0.15, 0.2) is 0 Å². The van der Waals surface area contributed by atoms with Crippen LogP contribution in [0.25, 0.3) is 0 Å². The molecule has 1 saturated carbocycles. The van der Waals surface area contributed by atoms with Crippen LogP contribution < -0.4 is 5.73 Å². The lowest BCUT2D eigenvalue weighted by atomic mass is 9.70. The molecule has 1 atom stereocenters. The summed E-state index contributed by atoms with van der Waals surface area (Å²) in [4.78, 5) is 14.5. The van der Waals surface area contributed by atoms with E-state index in [9.17, 15) is 9.90 Å². The molecule has 2 aliphatic rings. The van der Waals surface area contributed by atoms with E-state index >= 15 is 0 Å². The number of carboxylic acid groups (broad SMARTS) is 1. The Morgan fingerprint density at radius 1 is 1.14 bits per heavy atom. The van der Waals surface area contributed by atoms with E-state index in [0.29, 0.717) is 25.3 Å². The zero-order valence-electron chi connectivity index (χ0n) is 16.6. The third-order valence-electron chi connectivity index (χ3n) is 6.80. The summed E-state index contributed by atoms with van der Waals surface area (Å²) in [7, 11) is -1.33. The van der Waals surface area contributed by atoms with Gasteiger partial charge in [0.25, 0.3) is 0 Å². The van der Waals surface area contributed by atoms with Gasteiger partial charge in [0.05, 0.1) is 0 Å². The van der Waals surface area contributed by atoms with Crippen LogP contribution in [-0.2, 0) is 17.8 Å². The number of fused-ring (bicyclic) bond motifs is 1. The minimum atomic E-state index is -1.33. The summed E-state index contributed by atoms with van der Waals surface area (Å²) < 4.78 is 0. The van der Waals surface area contributed by atoms with Crippen LogP contribution in [0.4, 0.5) is 0 Å². The van der Waals surface area contributed by atoms with Gasteiger partial charge >= 0.3 is 13.1 Å². The topological polar surface area (TPSA) is 107 Å². The van der Waals surface area contributed by atoms with E-state index in [-0.39, 0.29) is 12.2 Å². The van der Waals surface area contributed by atoms with E-state index in [4.69, 9.17) is 15.8 Å². The molecular weight excluding hydrogens is 355 g/mol. The van der Waals surface area contributed by atoms with E-state index in [1.807, 2.05) is 0 Å². The van der Waals surface area contributed by atoms with Crippen LogP contribution in [0, 0.1) is 5.92 Å². The monoisotopic (exact) mass is 388 g/mol. The van der Waals surface area contributed by atoms with Crippen molar-refractivity contribution in [2.75, 3.05) is 6.54 Å². The number of aliphatic carboxylic acids is 1. The fourth-order valence-electron chi connectivity index (χ4n) is 5.02. The van der Waals surface area contributed by atoms with Gasteiger partial charge in [-0.3, -0.25) is 9.69 Å². The molecule has 7 heteroatoms. The standard InChI is InChI=1S/C21H33BN2O4/c23-21(20(25)26,12-3-4-13-22(27)28)18-7-9-19(10-8-18)24-14-11-16-5-1-2-6-17(16)15-24/h1-2,5-6,18-19,27-28H,3-4,7-15,23H2,(H,25,26). The van der Waals surface area contributed by atoms with Gasteiger partial charge in [0.1, 0.15) is 5.54 Å². The zero-order valence-corrected chi connectivity index (χ0v) is 16.6. The summed E-state index contributed by atoms with van der Waals surface area (Å²) in [5.74, 6) is -0.940. The number of nitrogens with zero attached hydrogens (tertiary/aromatic N) is 1. The Labute approximate surface area is 167 Å². The normalized spacial score (nSPS) is 25.0. The molecule has 154 valence electrons. The third kappa shape index (κ3) is 4.95. The largest absolute Gasteiger partial charge is 0.480 e. The van der Waals surface area contributed by atoms with E-state index in [1.54, 1.807) is 0 Å². The average Bonchev–Trinajstić information content (AvgIpc) is 2.70. The molecule has 1 aliphatic heterocycles. The molecule has 1 fully saturated rings. The molecule has 0 aromatic heterocycles. The Morgan fingerprint density at radius 2 is 1.82 bits per heavy atom. The van der Waals surface area contributed by atoms with Gasteiger partial charge in [-0.05, 0) is 61.9 Å². The number of benzene rings is 1. The van der Waals surface area contributed by atoms with Gasteiger partial charge in [-0.2, -0.15) is 0 Å². The number of carbonyl (C=O) groups is 1. The fraction of sp³-hybridized carbons (Fsp3) is 0.667. The van der Waals surface area contributed by atoms with Gasteiger partial charge in [-0.25, -0.2) is 0 Å². The Bertz CT molecular complexity index is 664. The number of nitrogens with two attached hydrogens (primary N) is 1. The van der Waals surface area contributed by atoms with Crippen molar-refractivity contribution in [2.45, 2.75) is 75.8 Å². The van der Waals surface area contributed by atoms with Crippen LogP contribution in [0.5, 0.6) is 0 Å². The molecule has 0 bridgehead atoms. The number of rotatable bonds is 8. The first-order valence-electron chi connectivity index (χ1n) is 10.6. The highest BCUT2D eigenvalue weighted by atomic mass is 16.4. The van der Waals surface area contributed by atoms with Gasteiger partial charge in [-0.15, -0.1) is 0 Å². The van der Waals surface area contributed by atoms with Crippen molar-refractivity contribution in [3.63, 3.8) is 0 Å². The Hall–Kier alpha value is -1.41. The summed E-state index contributed by atoms with van der Waals surface area (Å²) in [5.41, 5.74) is 8.04. The molecule has 3 rings (SSSR count). The second-order valence-electron chi connectivity index (χ2n) is 8.57. The van der Waals surface area contributed by atoms with Crippen LogP contribution >= 0.6 is 0 Å². The van der Waals surface area contributed by atoms with Crippen molar-refractivity contribution >= 4 is 13.1 Å². The average molecular weight is 388 g/mol. The Kier molecular flexibility index (Phi) is 7.15. The van der Waals surface area contributed by atoms with Gasteiger partial charge < -0.3 is 20.9 Å². The minimum Gasteiger partial charge on any atom is -0.480 e. The fourth-order valence-corrected chi connectivity index (χ4v) is 5.02. The van der Waals surface area contributed by atoms with E-state index in [1.165, 1.54) is 11.1 Å². The summed E-state index contributed by atoms with van der Waals surface area (Å²) in [6.45, 7) is 2.06. The van der Waals surface area contributed by atoms with Gasteiger partial charge in [0.2, 0.25) is 0 Å². The zero-order chi connectivity index (χ0) is 20.1. The predicted molar refractivity (Wildman–Crippen MR) is 110 cm³/mol. The molecule has 5 N–H and O–H groups in total. The molecule has 1 aliphatic carbocycles. The maximum atomic E-state index is 11.9. The molecule has 0 spiro atoms. The van der Waals surface area contributed by atoms with Crippen LogP contribution in [-0.4, -0.2) is 51.3 Å². The SMILES string of the molecule is NC(CCCCB(O)O)(C(=O)O)C1CCC(N2CCc3ccccc3C2)CC1. The second-order valence-corrected chi connectivity index (χ2v) is 8.57. The molecule has 1 unspecified atom stereocenters. The third-order valence-corrected chi connectivity index (χ3v) is 6.80. The van der Waals surface area contributed by atoms with Crippen molar-refractivity contribution in [1.29, 1.82) is 0 Å². The van der Waals surface area contributed by atoms with E-state index in [0.717, 1.165) is 45.2 Å². The summed E-state index contributed by atoms with van der Waals surface area (Å²) in [5, 5.41) is 27.7. The van der Waals surface area contributed by atoms with Gasteiger partial charge in [0, 0.05) is 19.1 Å². The summed E-state index contributed by atoms with van der Waals surface area (Å²) in [6.07, 6.45) is 6.59. The first kappa shape index (κ1) is 21.3. The lowest BCUT2D eigenvalue weighted by Crippen LogP contribution is -2.56.